The molecule has 2 heterocycles. The lowest BCUT2D eigenvalue weighted by atomic mass is 10.1. The number of rotatable bonds is 32. The molecule has 4 fully saturated rings. The average molecular weight is 781 g/mol. The van der Waals surface area contributed by atoms with E-state index in [4.69, 9.17) is 4.74 Å². The predicted octanol–water partition coefficient (Wildman–Crippen LogP) is 14.8. The van der Waals surface area contributed by atoms with Crippen LogP contribution >= 0.6 is 11.8 Å². The predicted molar refractivity (Wildman–Crippen MR) is 245 cm³/mol. The Bertz CT molecular complexity index is 1260. The third-order valence-corrected chi connectivity index (χ3v) is 11.7. The Kier molecular flexibility index (Phi) is 27.1. The molecule has 3 nitrogen and oxygen atoms in total. The first-order valence-electron chi connectivity index (χ1n) is 22.4. The maximum atomic E-state index is 11.7. The lowest BCUT2D eigenvalue weighted by Crippen LogP contribution is -1.97. The van der Waals surface area contributed by atoms with Crippen molar-refractivity contribution in [2.75, 3.05) is 0 Å². The van der Waals surface area contributed by atoms with Gasteiger partial charge < -0.3 is 4.74 Å². The second kappa shape index (κ2) is 32.1. The largest absolute Gasteiger partial charge is 0.369 e. The van der Waals surface area contributed by atoms with Crippen LogP contribution in [0.2, 0.25) is 0 Å². The van der Waals surface area contributed by atoms with Crippen LogP contribution in [-0.2, 0) is 14.3 Å². The zero-order chi connectivity index (χ0) is 39.7. The summed E-state index contributed by atoms with van der Waals surface area (Å²) in [5.41, 5.74) is 0. The van der Waals surface area contributed by atoms with E-state index in [1.54, 1.807) is 0 Å². The maximum absolute atomic E-state index is 11.7. The van der Waals surface area contributed by atoms with Crippen LogP contribution in [0.5, 0.6) is 0 Å². The number of epoxide rings is 1. The molecular formula is C52H76O3S. The van der Waals surface area contributed by atoms with Gasteiger partial charge in [-0.1, -0.05) is 135 Å². The molecule has 0 aromatic carbocycles. The van der Waals surface area contributed by atoms with Gasteiger partial charge in [0.25, 0.3) is 0 Å². The first kappa shape index (κ1) is 47.4. The van der Waals surface area contributed by atoms with Gasteiger partial charge in [0.2, 0.25) is 0 Å². The Morgan fingerprint density at radius 1 is 0.446 bits per heavy atom. The van der Waals surface area contributed by atoms with Crippen LogP contribution in [-0.4, -0.2) is 34.3 Å². The molecule has 308 valence electrons. The van der Waals surface area contributed by atoms with Gasteiger partial charge in [0.15, 0.2) is 0 Å². The fourth-order valence-electron chi connectivity index (χ4n) is 6.28. The molecule has 2 saturated heterocycles. The van der Waals surface area contributed by atoms with Gasteiger partial charge in [0, 0.05) is 36.2 Å². The summed E-state index contributed by atoms with van der Waals surface area (Å²) < 4.78 is 5.71. The van der Waals surface area contributed by atoms with Gasteiger partial charge in [-0.2, -0.15) is 11.8 Å². The van der Waals surface area contributed by atoms with E-state index in [-0.39, 0.29) is 0 Å². The van der Waals surface area contributed by atoms with Crippen molar-refractivity contribution in [3.8, 4) is 0 Å². The van der Waals surface area contributed by atoms with Crippen LogP contribution in [0.3, 0.4) is 0 Å². The molecule has 56 heavy (non-hydrogen) atoms. The Hall–Kier alpha value is -2.95. The van der Waals surface area contributed by atoms with E-state index in [2.05, 4.69) is 147 Å². The Morgan fingerprint density at radius 2 is 0.768 bits per heavy atom. The van der Waals surface area contributed by atoms with Crippen LogP contribution in [0.15, 0.2) is 122 Å². The van der Waals surface area contributed by atoms with Crippen molar-refractivity contribution in [1.29, 1.82) is 0 Å². The van der Waals surface area contributed by atoms with E-state index in [9.17, 15) is 9.59 Å². The first-order chi connectivity index (χ1) is 27.6. The summed E-state index contributed by atoms with van der Waals surface area (Å²) in [5.74, 6) is 2.34. The molecule has 0 spiro atoms. The zero-order valence-corrected chi connectivity index (χ0v) is 36.0. The monoisotopic (exact) mass is 781 g/mol. The average Bonchev–Trinajstić information content (AvgIpc) is 3.97. The lowest BCUT2D eigenvalue weighted by Gasteiger charge is -1.95. The van der Waals surface area contributed by atoms with E-state index >= 15 is 0 Å². The standard InChI is InChI=1S/C26H38O2.C26H38OS/c2*1-2-3-4-5-6-7-8-12-15-18-25-26(28-25)19-16-13-10-9-11-14-17-24(27)22-23-20-21-23/h2*3-4,6-7,9,11-13,15-16,23,25-26H,2,5,8,10,14,17-22H2,1H3/b2*4-3-,7-6-,11-9-,15-12-,16-13-. The summed E-state index contributed by atoms with van der Waals surface area (Å²) in [7, 11) is 0. The summed E-state index contributed by atoms with van der Waals surface area (Å²) in [6, 6.07) is 0. The summed E-state index contributed by atoms with van der Waals surface area (Å²) in [6.45, 7) is 4.33. The molecule has 4 atom stereocenters. The van der Waals surface area contributed by atoms with Crippen LogP contribution in [0, 0.1) is 11.8 Å². The SMILES string of the molecule is CC/C=C\C/C=C\C/C=C\CC1OC1C/C=C\C/C=C\CCC(=O)CC1CC1.CC/C=C\C/C=C\C/C=C\CC1SC1C/C=C\C/C=C\CCC(=O)CC1CC1. The molecule has 4 rings (SSSR count). The highest BCUT2D eigenvalue weighted by Gasteiger charge is 2.36. The quantitative estimate of drug-likeness (QED) is 0.0504. The van der Waals surface area contributed by atoms with Crippen LogP contribution in [0.1, 0.15) is 155 Å². The number of hydrogen-bond donors (Lipinski definition) is 0. The minimum atomic E-state index is 0.402. The van der Waals surface area contributed by atoms with Crippen molar-refractivity contribution >= 4 is 23.3 Å². The molecule has 4 aliphatic rings. The summed E-state index contributed by atoms with van der Waals surface area (Å²) in [5, 5.41) is 1.64. The fraction of sp³-hybridized carbons (Fsp3) is 0.577. The van der Waals surface area contributed by atoms with E-state index < -0.39 is 0 Å². The number of ether oxygens (including phenoxy) is 1. The molecule has 0 N–H and O–H groups in total. The summed E-state index contributed by atoms with van der Waals surface area (Å²) >= 11 is 2.11. The summed E-state index contributed by atoms with van der Waals surface area (Å²) in [6.07, 6.45) is 68.2. The van der Waals surface area contributed by atoms with Gasteiger partial charge in [-0.3, -0.25) is 9.59 Å². The molecule has 0 amide bonds. The molecule has 2 aliphatic carbocycles. The van der Waals surface area contributed by atoms with Crippen molar-refractivity contribution in [2.45, 2.75) is 178 Å². The van der Waals surface area contributed by atoms with E-state index in [1.807, 2.05) is 0 Å². The van der Waals surface area contributed by atoms with E-state index in [0.29, 0.717) is 30.2 Å². The molecule has 0 aromatic heterocycles. The first-order valence-corrected chi connectivity index (χ1v) is 23.4. The number of thioether (sulfide) groups is 1. The van der Waals surface area contributed by atoms with Gasteiger partial charge in [-0.25, -0.2) is 0 Å². The number of carbonyl (C=O) groups excluding carboxylic acids is 2. The third-order valence-electron chi connectivity index (χ3n) is 10.2. The van der Waals surface area contributed by atoms with Gasteiger partial charge >= 0.3 is 0 Å². The minimum Gasteiger partial charge on any atom is -0.369 e. The second-order valence-corrected chi connectivity index (χ2v) is 17.2. The smallest absolute Gasteiger partial charge is 0.133 e. The minimum absolute atomic E-state index is 0.402. The van der Waals surface area contributed by atoms with Gasteiger partial charge in [0.05, 0.1) is 12.2 Å². The topological polar surface area (TPSA) is 46.7 Å². The fourth-order valence-corrected chi connectivity index (χ4v) is 7.31. The second-order valence-electron chi connectivity index (χ2n) is 15.8. The van der Waals surface area contributed by atoms with Crippen molar-refractivity contribution < 1.29 is 14.3 Å². The van der Waals surface area contributed by atoms with Crippen LogP contribution < -0.4 is 0 Å². The molecule has 4 unspecified atom stereocenters. The Balaban J connectivity index is 0.000000300. The number of Topliss-reactive ketones (excluding diaryl/α,β-unsaturated/α-hetero) is 2. The number of hydrogen-bond acceptors (Lipinski definition) is 4. The van der Waals surface area contributed by atoms with Gasteiger partial charge in [-0.15, -0.1) is 0 Å². The van der Waals surface area contributed by atoms with Gasteiger partial charge in [-0.05, 0) is 127 Å². The van der Waals surface area contributed by atoms with Gasteiger partial charge in [0.1, 0.15) is 11.6 Å². The van der Waals surface area contributed by atoms with Crippen molar-refractivity contribution in [1.82, 2.24) is 0 Å². The molecule has 0 radical (unpaired) electrons. The lowest BCUT2D eigenvalue weighted by molar-refractivity contribution is -0.120. The number of allylic oxidation sites excluding steroid dienone is 18. The van der Waals surface area contributed by atoms with Crippen molar-refractivity contribution in [2.24, 2.45) is 11.8 Å². The van der Waals surface area contributed by atoms with E-state index in [1.165, 1.54) is 38.5 Å². The highest BCUT2D eigenvalue weighted by molar-refractivity contribution is 8.07. The Labute approximate surface area is 347 Å². The molecule has 0 bridgehead atoms. The van der Waals surface area contributed by atoms with Crippen LogP contribution in [0.25, 0.3) is 0 Å². The highest BCUT2D eigenvalue weighted by atomic mass is 32.2. The molecule has 4 heteroatoms. The Morgan fingerprint density at radius 3 is 1.12 bits per heavy atom. The van der Waals surface area contributed by atoms with Crippen molar-refractivity contribution in [3.63, 3.8) is 0 Å². The molecule has 0 aromatic rings. The molecular weight excluding hydrogens is 705 g/mol. The maximum Gasteiger partial charge on any atom is 0.133 e. The molecule has 2 aliphatic heterocycles. The number of carbonyl (C=O) groups is 2. The third kappa shape index (κ3) is 28.4. The molecule has 2 saturated carbocycles. The highest BCUT2D eigenvalue weighted by Crippen LogP contribution is 2.46. The summed E-state index contributed by atoms with van der Waals surface area (Å²) in [4.78, 5) is 23.3. The zero-order valence-electron chi connectivity index (χ0n) is 35.2. The normalized spacial score (nSPS) is 22.6. The number of ketones is 2. The van der Waals surface area contributed by atoms with Crippen LogP contribution in [0.4, 0.5) is 0 Å². The van der Waals surface area contributed by atoms with Crippen molar-refractivity contribution in [3.05, 3.63) is 122 Å². The van der Waals surface area contributed by atoms with E-state index in [0.717, 1.165) is 119 Å².